The Kier molecular flexibility index (Phi) is 3.73. The number of hydrogen-bond acceptors (Lipinski definition) is 0. The maximum atomic E-state index is 12.5. The highest BCUT2D eigenvalue weighted by Gasteiger charge is 2.01. The second-order valence-corrected chi connectivity index (χ2v) is 4.13. The van der Waals surface area contributed by atoms with Crippen LogP contribution in [0.3, 0.4) is 0 Å². The van der Waals surface area contributed by atoms with Crippen LogP contribution in [0.1, 0.15) is 18.9 Å². The second-order valence-electron chi connectivity index (χ2n) is 2.84. The SMILES string of the molecule is CCC(Br)Cc1ccc(F)cc1. The van der Waals surface area contributed by atoms with E-state index < -0.39 is 0 Å². The average Bonchev–Trinajstić information content (AvgIpc) is 2.09. The lowest BCUT2D eigenvalue weighted by Gasteiger charge is -2.05. The van der Waals surface area contributed by atoms with Crippen molar-refractivity contribution in [2.45, 2.75) is 24.6 Å². The van der Waals surface area contributed by atoms with Gasteiger partial charge in [0.05, 0.1) is 0 Å². The van der Waals surface area contributed by atoms with E-state index in [0.29, 0.717) is 4.83 Å². The lowest BCUT2D eigenvalue weighted by molar-refractivity contribution is 0.626. The van der Waals surface area contributed by atoms with Crippen LogP contribution in [0.4, 0.5) is 4.39 Å². The average molecular weight is 231 g/mol. The highest BCUT2D eigenvalue weighted by Crippen LogP contribution is 2.13. The number of halogens is 2. The minimum atomic E-state index is -0.165. The summed E-state index contributed by atoms with van der Waals surface area (Å²) in [6.45, 7) is 2.13. The lowest BCUT2D eigenvalue weighted by Crippen LogP contribution is -2.00. The maximum Gasteiger partial charge on any atom is 0.123 e. The minimum Gasteiger partial charge on any atom is -0.207 e. The van der Waals surface area contributed by atoms with Gasteiger partial charge >= 0.3 is 0 Å². The van der Waals surface area contributed by atoms with E-state index in [1.165, 1.54) is 17.7 Å². The summed E-state index contributed by atoms with van der Waals surface area (Å²) in [6.07, 6.45) is 2.06. The first-order chi connectivity index (χ1) is 5.72. The first kappa shape index (κ1) is 9.72. The molecule has 0 heterocycles. The zero-order valence-corrected chi connectivity index (χ0v) is 8.64. The van der Waals surface area contributed by atoms with Crippen molar-refractivity contribution in [3.63, 3.8) is 0 Å². The van der Waals surface area contributed by atoms with Crippen molar-refractivity contribution in [1.29, 1.82) is 0 Å². The molecule has 0 N–H and O–H groups in total. The zero-order valence-electron chi connectivity index (χ0n) is 7.06. The molecule has 1 unspecified atom stereocenters. The molecule has 12 heavy (non-hydrogen) atoms. The minimum absolute atomic E-state index is 0.165. The van der Waals surface area contributed by atoms with Crippen molar-refractivity contribution < 1.29 is 4.39 Å². The van der Waals surface area contributed by atoms with Crippen LogP contribution in [0.5, 0.6) is 0 Å². The number of alkyl halides is 1. The smallest absolute Gasteiger partial charge is 0.123 e. The molecule has 0 fully saturated rings. The predicted octanol–water partition coefficient (Wildman–Crippen LogP) is 3.54. The summed E-state index contributed by atoms with van der Waals surface area (Å²) in [4.78, 5) is 0.503. The Balaban J connectivity index is 2.58. The Morgan fingerprint density at radius 3 is 2.42 bits per heavy atom. The first-order valence-corrected chi connectivity index (χ1v) is 5.02. The van der Waals surface area contributed by atoms with Crippen LogP contribution < -0.4 is 0 Å². The number of rotatable bonds is 3. The van der Waals surface area contributed by atoms with E-state index in [1.54, 1.807) is 0 Å². The quantitative estimate of drug-likeness (QED) is 0.698. The lowest BCUT2D eigenvalue weighted by atomic mass is 10.1. The van der Waals surface area contributed by atoms with Crippen LogP contribution in [0.2, 0.25) is 0 Å². The van der Waals surface area contributed by atoms with Crippen molar-refractivity contribution >= 4 is 15.9 Å². The third-order valence-electron chi connectivity index (χ3n) is 1.81. The summed E-state index contributed by atoms with van der Waals surface area (Å²) in [5, 5.41) is 0. The Morgan fingerprint density at radius 1 is 1.33 bits per heavy atom. The molecular weight excluding hydrogens is 219 g/mol. The van der Waals surface area contributed by atoms with Crippen LogP contribution in [-0.4, -0.2) is 4.83 Å². The monoisotopic (exact) mass is 230 g/mol. The van der Waals surface area contributed by atoms with E-state index in [1.807, 2.05) is 12.1 Å². The third-order valence-corrected chi connectivity index (χ3v) is 2.78. The van der Waals surface area contributed by atoms with Crippen molar-refractivity contribution in [3.05, 3.63) is 35.6 Å². The van der Waals surface area contributed by atoms with Crippen molar-refractivity contribution in [1.82, 2.24) is 0 Å². The molecular formula is C10H12BrF. The summed E-state index contributed by atoms with van der Waals surface area (Å²) in [5.41, 5.74) is 1.18. The molecule has 0 spiro atoms. The second kappa shape index (κ2) is 4.61. The molecule has 1 aromatic carbocycles. The van der Waals surface area contributed by atoms with Gasteiger partial charge in [-0.3, -0.25) is 0 Å². The van der Waals surface area contributed by atoms with Crippen molar-refractivity contribution in [3.8, 4) is 0 Å². The van der Waals surface area contributed by atoms with Gasteiger partial charge in [0.15, 0.2) is 0 Å². The molecule has 1 aromatic rings. The normalized spacial score (nSPS) is 12.9. The van der Waals surface area contributed by atoms with E-state index in [4.69, 9.17) is 0 Å². The van der Waals surface area contributed by atoms with Gasteiger partial charge in [0, 0.05) is 4.83 Å². The highest BCUT2D eigenvalue weighted by atomic mass is 79.9. The van der Waals surface area contributed by atoms with Crippen LogP contribution >= 0.6 is 15.9 Å². The summed E-state index contributed by atoms with van der Waals surface area (Å²) in [7, 11) is 0. The van der Waals surface area contributed by atoms with Crippen LogP contribution in [0, 0.1) is 5.82 Å². The molecule has 0 nitrogen and oxygen atoms in total. The van der Waals surface area contributed by atoms with E-state index in [9.17, 15) is 4.39 Å². The molecule has 0 radical (unpaired) electrons. The Bertz CT molecular complexity index is 230. The molecule has 1 rings (SSSR count). The molecule has 0 saturated carbocycles. The zero-order chi connectivity index (χ0) is 8.97. The van der Waals surface area contributed by atoms with Gasteiger partial charge < -0.3 is 0 Å². The van der Waals surface area contributed by atoms with Gasteiger partial charge in [-0.1, -0.05) is 35.0 Å². The molecule has 0 aliphatic rings. The van der Waals surface area contributed by atoms with Crippen molar-refractivity contribution in [2.75, 3.05) is 0 Å². The van der Waals surface area contributed by atoms with Gasteiger partial charge in [-0.15, -0.1) is 0 Å². The summed E-state index contributed by atoms with van der Waals surface area (Å²) in [6, 6.07) is 6.67. The standard InChI is InChI=1S/C10H12BrF/c1-2-9(11)7-8-3-5-10(12)6-4-8/h3-6,9H,2,7H2,1H3. The van der Waals surface area contributed by atoms with Gasteiger partial charge in [-0.25, -0.2) is 4.39 Å². The Hall–Kier alpha value is -0.370. The van der Waals surface area contributed by atoms with Gasteiger partial charge in [-0.05, 0) is 30.5 Å². The van der Waals surface area contributed by atoms with Gasteiger partial charge in [-0.2, -0.15) is 0 Å². The summed E-state index contributed by atoms with van der Waals surface area (Å²) < 4.78 is 12.5. The summed E-state index contributed by atoms with van der Waals surface area (Å²) >= 11 is 3.54. The van der Waals surface area contributed by atoms with E-state index in [-0.39, 0.29) is 5.82 Å². The topological polar surface area (TPSA) is 0 Å². The predicted molar refractivity (Wildman–Crippen MR) is 53.1 cm³/mol. The molecule has 2 heteroatoms. The fourth-order valence-corrected chi connectivity index (χ4v) is 1.39. The molecule has 1 atom stereocenters. The van der Waals surface area contributed by atoms with E-state index in [0.717, 1.165) is 12.8 Å². The highest BCUT2D eigenvalue weighted by molar-refractivity contribution is 9.09. The number of benzene rings is 1. The molecule has 0 saturated heterocycles. The molecule has 0 aromatic heterocycles. The molecule has 0 bridgehead atoms. The molecule has 66 valence electrons. The van der Waals surface area contributed by atoms with Crippen LogP contribution in [0.15, 0.2) is 24.3 Å². The molecule has 0 amide bonds. The molecule has 0 aliphatic carbocycles. The van der Waals surface area contributed by atoms with Gasteiger partial charge in [0.1, 0.15) is 5.82 Å². The number of hydrogen-bond donors (Lipinski definition) is 0. The van der Waals surface area contributed by atoms with Gasteiger partial charge in [0.2, 0.25) is 0 Å². The Morgan fingerprint density at radius 2 is 1.92 bits per heavy atom. The van der Waals surface area contributed by atoms with Crippen LogP contribution in [-0.2, 0) is 6.42 Å². The first-order valence-electron chi connectivity index (χ1n) is 4.11. The molecule has 0 aliphatic heterocycles. The van der Waals surface area contributed by atoms with Crippen LogP contribution in [0.25, 0.3) is 0 Å². The Labute approximate surface area is 80.9 Å². The largest absolute Gasteiger partial charge is 0.207 e. The van der Waals surface area contributed by atoms with Gasteiger partial charge in [0.25, 0.3) is 0 Å². The third kappa shape index (κ3) is 2.94. The fourth-order valence-electron chi connectivity index (χ4n) is 1.02. The fraction of sp³-hybridized carbons (Fsp3) is 0.400. The van der Waals surface area contributed by atoms with Crippen molar-refractivity contribution in [2.24, 2.45) is 0 Å². The summed E-state index contributed by atoms with van der Waals surface area (Å²) in [5.74, 6) is -0.165. The van der Waals surface area contributed by atoms with E-state index >= 15 is 0 Å². The maximum absolute atomic E-state index is 12.5. The van der Waals surface area contributed by atoms with E-state index in [2.05, 4.69) is 22.9 Å².